The standard InChI is InChI=1S/C17H24FN3O4S/c1-17(2)5-3-4-12(8-17)19-9-11-6-13(18)16(14(22)7-11)21-10-15(23)20-26(21,24)25/h6-7,12,19,22H,3-5,8-10H2,1-2H3,(H,20,23). The Morgan fingerprint density at radius 3 is 2.73 bits per heavy atom. The highest BCUT2D eigenvalue weighted by Crippen LogP contribution is 2.36. The van der Waals surface area contributed by atoms with Gasteiger partial charge in [-0.1, -0.05) is 20.3 Å². The van der Waals surface area contributed by atoms with Gasteiger partial charge in [0, 0.05) is 12.6 Å². The van der Waals surface area contributed by atoms with E-state index in [9.17, 15) is 22.7 Å². The third kappa shape index (κ3) is 3.93. The molecule has 0 spiro atoms. The van der Waals surface area contributed by atoms with Gasteiger partial charge in [0.15, 0.2) is 5.82 Å². The minimum absolute atomic E-state index is 0.275. The molecule has 2 aliphatic rings. The minimum Gasteiger partial charge on any atom is -0.506 e. The number of anilines is 1. The van der Waals surface area contributed by atoms with Crippen LogP contribution in [0.25, 0.3) is 0 Å². The third-order valence-electron chi connectivity index (χ3n) is 4.97. The summed E-state index contributed by atoms with van der Waals surface area (Å²) in [5.74, 6) is -2.16. The second kappa shape index (κ2) is 6.70. The molecule has 3 N–H and O–H groups in total. The van der Waals surface area contributed by atoms with Crippen LogP contribution in [0.3, 0.4) is 0 Å². The molecule has 1 amide bonds. The summed E-state index contributed by atoms with van der Waals surface area (Å²) in [5, 5.41) is 13.5. The molecule has 1 aromatic carbocycles. The number of nitrogens with one attached hydrogen (secondary N) is 2. The van der Waals surface area contributed by atoms with Crippen molar-refractivity contribution in [2.75, 3.05) is 10.8 Å². The maximum Gasteiger partial charge on any atom is 0.326 e. The molecule has 1 atom stereocenters. The van der Waals surface area contributed by atoms with Crippen LogP contribution < -0.4 is 14.3 Å². The number of hydrogen-bond donors (Lipinski definition) is 3. The van der Waals surface area contributed by atoms with Gasteiger partial charge in [0.2, 0.25) is 0 Å². The lowest BCUT2D eigenvalue weighted by atomic mass is 9.75. The summed E-state index contributed by atoms with van der Waals surface area (Å²) in [6, 6.07) is 2.84. The zero-order valence-corrected chi connectivity index (χ0v) is 15.7. The summed E-state index contributed by atoms with van der Waals surface area (Å²) >= 11 is 0. The number of phenols is 1. The average molecular weight is 385 g/mol. The number of nitrogens with zero attached hydrogens (tertiary/aromatic N) is 1. The fraction of sp³-hybridized carbons (Fsp3) is 0.588. The predicted octanol–water partition coefficient (Wildman–Crippen LogP) is 1.77. The Hall–Kier alpha value is -1.87. The van der Waals surface area contributed by atoms with Crippen molar-refractivity contribution in [3.63, 3.8) is 0 Å². The van der Waals surface area contributed by atoms with Crippen LogP contribution in [0.15, 0.2) is 12.1 Å². The summed E-state index contributed by atoms with van der Waals surface area (Å²) in [7, 11) is -4.17. The van der Waals surface area contributed by atoms with Crippen molar-refractivity contribution in [2.45, 2.75) is 52.1 Å². The largest absolute Gasteiger partial charge is 0.506 e. The molecular weight excluding hydrogens is 361 g/mol. The number of rotatable bonds is 4. The van der Waals surface area contributed by atoms with Crippen LogP contribution in [0.1, 0.15) is 45.1 Å². The quantitative estimate of drug-likeness (QED) is 0.734. The highest BCUT2D eigenvalue weighted by molar-refractivity contribution is 7.92. The number of phenolic OH excluding ortho intramolecular Hbond substituents is 1. The fourth-order valence-electron chi connectivity index (χ4n) is 3.77. The van der Waals surface area contributed by atoms with Gasteiger partial charge >= 0.3 is 10.2 Å². The van der Waals surface area contributed by atoms with E-state index in [1.165, 1.54) is 18.6 Å². The van der Waals surface area contributed by atoms with Crippen molar-refractivity contribution in [3.8, 4) is 5.75 Å². The Morgan fingerprint density at radius 1 is 1.42 bits per heavy atom. The Kier molecular flexibility index (Phi) is 4.87. The van der Waals surface area contributed by atoms with Crippen molar-refractivity contribution in [1.29, 1.82) is 0 Å². The summed E-state index contributed by atoms with van der Waals surface area (Å²) in [5.41, 5.74) is 0.283. The Morgan fingerprint density at radius 2 is 2.15 bits per heavy atom. The number of amides is 1. The summed E-state index contributed by atoms with van der Waals surface area (Å²) < 4.78 is 40.5. The van der Waals surface area contributed by atoms with E-state index in [1.807, 2.05) is 0 Å². The molecule has 7 nitrogen and oxygen atoms in total. The van der Waals surface area contributed by atoms with Crippen LogP contribution in [0.5, 0.6) is 5.75 Å². The van der Waals surface area contributed by atoms with E-state index < -0.39 is 39.9 Å². The minimum atomic E-state index is -4.17. The first-order valence-electron chi connectivity index (χ1n) is 8.65. The summed E-state index contributed by atoms with van der Waals surface area (Å²) in [6.07, 6.45) is 4.40. The molecule has 1 saturated carbocycles. The summed E-state index contributed by atoms with van der Waals surface area (Å²) in [6.45, 7) is 4.27. The molecule has 1 heterocycles. The number of carbonyl (C=O) groups excluding carboxylic acids is 1. The fourth-order valence-corrected chi connectivity index (χ4v) is 4.94. The van der Waals surface area contributed by atoms with E-state index in [0.717, 1.165) is 19.3 Å². The van der Waals surface area contributed by atoms with Crippen molar-refractivity contribution in [1.82, 2.24) is 10.0 Å². The molecule has 0 aromatic heterocycles. The van der Waals surface area contributed by atoms with E-state index in [2.05, 4.69) is 19.2 Å². The van der Waals surface area contributed by atoms with Gasteiger partial charge in [-0.05, 0) is 42.4 Å². The molecule has 0 radical (unpaired) electrons. The highest BCUT2D eigenvalue weighted by atomic mass is 32.2. The number of benzene rings is 1. The first kappa shape index (κ1) is 18.9. The molecule has 1 unspecified atom stereocenters. The van der Waals surface area contributed by atoms with E-state index in [1.54, 1.807) is 4.72 Å². The zero-order valence-electron chi connectivity index (χ0n) is 14.9. The zero-order chi connectivity index (χ0) is 19.1. The van der Waals surface area contributed by atoms with Crippen molar-refractivity contribution < 1.29 is 22.7 Å². The molecular formula is C17H24FN3O4S. The Labute approximate surface area is 152 Å². The molecule has 1 aliphatic carbocycles. The SMILES string of the molecule is CC1(C)CCCC(NCc2cc(O)c(N3CC(=O)NS3(=O)=O)c(F)c2)C1. The molecule has 1 aliphatic heterocycles. The number of carbonyl (C=O) groups is 1. The topological polar surface area (TPSA) is 98.7 Å². The molecule has 2 fully saturated rings. The molecule has 1 aromatic rings. The normalized spacial score (nSPS) is 24.5. The number of aromatic hydroxyl groups is 1. The molecule has 26 heavy (non-hydrogen) atoms. The smallest absolute Gasteiger partial charge is 0.326 e. The van der Waals surface area contributed by atoms with Gasteiger partial charge in [0.25, 0.3) is 5.91 Å². The van der Waals surface area contributed by atoms with Gasteiger partial charge < -0.3 is 10.4 Å². The van der Waals surface area contributed by atoms with Crippen LogP contribution in [-0.2, 0) is 21.5 Å². The van der Waals surface area contributed by atoms with Crippen molar-refractivity contribution >= 4 is 21.8 Å². The van der Waals surface area contributed by atoms with Crippen LogP contribution in [-0.4, -0.2) is 32.0 Å². The van der Waals surface area contributed by atoms with Gasteiger partial charge in [0.05, 0.1) is 0 Å². The van der Waals surface area contributed by atoms with E-state index in [4.69, 9.17) is 0 Å². The lowest BCUT2D eigenvalue weighted by molar-refractivity contribution is -0.117. The lowest BCUT2D eigenvalue weighted by Gasteiger charge is -2.35. The number of hydrogen-bond acceptors (Lipinski definition) is 5. The van der Waals surface area contributed by atoms with Crippen LogP contribution in [0, 0.1) is 11.2 Å². The van der Waals surface area contributed by atoms with E-state index in [-0.39, 0.29) is 5.41 Å². The molecule has 144 valence electrons. The Bertz CT molecular complexity index is 802. The van der Waals surface area contributed by atoms with Gasteiger partial charge in [-0.15, -0.1) is 0 Å². The molecule has 0 bridgehead atoms. The highest BCUT2D eigenvalue weighted by Gasteiger charge is 2.37. The van der Waals surface area contributed by atoms with Crippen molar-refractivity contribution in [3.05, 3.63) is 23.5 Å². The van der Waals surface area contributed by atoms with Crippen LogP contribution in [0.2, 0.25) is 0 Å². The van der Waals surface area contributed by atoms with E-state index in [0.29, 0.717) is 22.5 Å². The maximum atomic E-state index is 14.5. The van der Waals surface area contributed by atoms with Crippen molar-refractivity contribution in [2.24, 2.45) is 5.41 Å². The monoisotopic (exact) mass is 385 g/mol. The predicted molar refractivity (Wildman–Crippen MR) is 95.4 cm³/mol. The van der Waals surface area contributed by atoms with Gasteiger partial charge in [-0.2, -0.15) is 8.42 Å². The summed E-state index contributed by atoms with van der Waals surface area (Å²) in [4.78, 5) is 11.3. The first-order chi connectivity index (χ1) is 12.1. The maximum absolute atomic E-state index is 14.5. The molecule has 1 saturated heterocycles. The van der Waals surface area contributed by atoms with Gasteiger partial charge in [-0.25, -0.2) is 13.4 Å². The molecule has 9 heteroatoms. The second-order valence-electron chi connectivity index (χ2n) is 7.82. The second-order valence-corrected chi connectivity index (χ2v) is 9.42. The van der Waals surface area contributed by atoms with Gasteiger partial charge in [-0.3, -0.25) is 4.79 Å². The first-order valence-corrected chi connectivity index (χ1v) is 10.1. The van der Waals surface area contributed by atoms with E-state index >= 15 is 0 Å². The Balaban J connectivity index is 1.75. The average Bonchev–Trinajstić information content (AvgIpc) is 2.76. The van der Waals surface area contributed by atoms with Crippen LogP contribution in [0.4, 0.5) is 10.1 Å². The lowest BCUT2D eigenvalue weighted by Crippen LogP contribution is -2.36. The molecule has 3 rings (SSSR count). The number of halogens is 1. The van der Waals surface area contributed by atoms with Gasteiger partial charge in [0.1, 0.15) is 18.0 Å². The third-order valence-corrected chi connectivity index (χ3v) is 6.35. The van der Waals surface area contributed by atoms with Crippen LogP contribution >= 0.6 is 0 Å².